The van der Waals surface area contributed by atoms with Crippen molar-refractivity contribution < 1.29 is 58.0 Å². The quantitative estimate of drug-likeness (QED) is 0.0313. The van der Waals surface area contributed by atoms with E-state index >= 15 is 0 Å². The van der Waals surface area contributed by atoms with Gasteiger partial charge in [0.2, 0.25) is 0 Å². The van der Waals surface area contributed by atoms with Gasteiger partial charge in [0.1, 0.15) is 34.5 Å². The van der Waals surface area contributed by atoms with Crippen LogP contribution in [0.3, 0.4) is 0 Å². The number of aliphatic hydroxyl groups is 3. The van der Waals surface area contributed by atoms with Crippen molar-refractivity contribution in [3.63, 3.8) is 0 Å². The lowest BCUT2D eigenvalue weighted by atomic mass is 10.0. The SMILES string of the molecule is CCC(C)CCO.CCC(C)CCO.CCC(C)CCO.CCCCCCCCCCOCCC(C)CCOc1ccc(-c2ccc(OCCCCCCCC)cc2)cc1.CCCCCCCCCCOCCC(C)CCOc1ccc(-c2ccc(OCCCCCCCCCC)cc2)cc1.CCCCCCCCOCCC(C)CCOc1ccc(-c2ccc(OCCCCCCCC)cc2)cc1. The van der Waals surface area contributed by atoms with Crippen molar-refractivity contribution >= 4 is 0 Å². The van der Waals surface area contributed by atoms with Gasteiger partial charge in [-0.05, 0) is 238 Å². The summed E-state index contributed by atoms with van der Waals surface area (Å²) >= 11 is 0. The van der Waals surface area contributed by atoms with Crippen LogP contribution in [0.4, 0.5) is 0 Å². The molecular formula is C126H216O12. The summed E-state index contributed by atoms with van der Waals surface area (Å²) in [7, 11) is 0. The lowest BCUT2D eigenvalue weighted by Crippen LogP contribution is -2.08. The first-order valence-electron chi connectivity index (χ1n) is 57.5. The lowest BCUT2D eigenvalue weighted by Gasteiger charge is -2.13. The Hall–Kier alpha value is -6.12. The van der Waals surface area contributed by atoms with Crippen LogP contribution < -0.4 is 28.4 Å². The fourth-order valence-electron chi connectivity index (χ4n) is 15.7. The van der Waals surface area contributed by atoms with Crippen LogP contribution in [0.15, 0.2) is 146 Å². The van der Waals surface area contributed by atoms with Crippen molar-refractivity contribution in [2.24, 2.45) is 35.5 Å². The molecule has 0 aromatic heterocycles. The Morgan fingerprint density at radius 1 is 0.159 bits per heavy atom. The zero-order chi connectivity index (χ0) is 101. The Balaban J connectivity index is 0.000000932. The van der Waals surface area contributed by atoms with E-state index in [0.717, 1.165) is 191 Å². The largest absolute Gasteiger partial charge is 0.494 e. The zero-order valence-corrected chi connectivity index (χ0v) is 92.1. The molecule has 6 aromatic rings. The van der Waals surface area contributed by atoms with E-state index in [1.165, 1.54) is 303 Å². The molecule has 0 aliphatic rings. The molecule has 0 radical (unpaired) electrons. The van der Waals surface area contributed by atoms with Gasteiger partial charge in [-0.15, -0.1) is 0 Å². The third-order valence-electron chi connectivity index (χ3n) is 26.7. The van der Waals surface area contributed by atoms with Crippen molar-refractivity contribution in [1.29, 1.82) is 0 Å². The Kier molecular flexibility index (Phi) is 92.5. The van der Waals surface area contributed by atoms with Crippen LogP contribution in [-0.4, -0.2) is 114 Å². The van der Waals surface area contributed by atoms with Gasteiger partial charge in [0.25, 0.3) is 0 Å². The van der Waals surface area contributed by atoms with Gasteiger partial charge < -0.3 is 58.0 Å². The molecule has 0 aliphatic heterocycles. The van der Waals surface area contributed by atoms with Crippen molar-refractivity contribution in [1.82, 2.24) is 0 Å². The summed E-state index contributed by atoms with van der Waals surface area (Å²) < 4.78 is 53.4. The van der Waals surface area contributed by atoms with Gasteiger partial charge in [-0.3, -0.25) is 0 Å². The van der Waals surface area contributed by atoms with Crippen molar-refractivity contribution in [2.45, 2.75) is 451 Å². The lowest BCUT2D eigenvalue weighted by molar-refractivity contribution is 0.114. The number of hydrogen-bond donors (Lipinski definition) is 3. The molecule has 0 amide bonds. The predicted octanol–water partition coefficient (Wildman–Crippen LogP) is 37.4. The highest BCUT2D eigenvalue weighted by Gasteiger charge is 2.12. The molecule has 6 atom stereocenters. The van der Waals surface area contributed by atoms with E-state index in [4.69, 9.17) is 58.0 Å². The molecule has 6 aromatic carbocycles. The Labute approximate surface area is 851 Å². The van der Waals surface area contributed by atoms with Gasteiger partial charge in [-0.1, -0.05) is 427 Å². The summed E-state index contributed by atoms with van der Waals surface area (Å²) in [6.07, 6.45) is 68.5. The maximum Gasteiger partial charge on any atom is 0.119 e. The highest BCUT2D eigenvalue weighted by molar-refractivity contribution is 5.67. The van der Waals surface area contributed by atoms with Gasteiger partial charge in [-0.2, -0.15) is 0 Å². The molecule has 6 rings (SSSR count). The molecule has 0 saturated carbocycles. The minimum atomic E-state index is 0.342. The van der Waals surface area contributed by atoms with Crippen LogP contribution in [0.5, 0.6) is 34.5 Å². The highest BCUT2D eigenvalue weighted by atomic mass is 16.5. The summed E-state index contributed by atoms with van der Waals surface area (Å²) in [6.45, 7) is 44.4. The number of aliphatic hydroxyl groups excluding tert-OH is 3. The summed E-state index contributed by atoms with van der Waals surface area (Å²) in [6, 6.07) is 50.7. The first-order valence-corrected chi connectivity index (χ1v) is 57.5. The molecule has 6 unspecified atom stereocenters. The third-order valence-corrected chi connectivity index (χ3v) is 26.7. The number of hydrogen-bond acceptors (Lipinski definition) is 12. The smallest absolute Gasteiger partial charge is 0.119 e. The van der Waals surface area contributed by atoms with Crippen molar-refractivity contribution in [3.05, 3.63) is 146 Å². The highest BCUT2D eigenvalue weighted by Crippen LogP contribution is 2.30. The summed E-state index contributed by atoms with van der Waals surface area (Å²) in [5, 5.41) is 25.1. The molecule has 0 aliphatic carbocycles. The molecule has 0 bridgehead atoms. The van der Waals surface area contributed by atoms with E-state index in [1.807, 2.05) is 0 Å². The van der Waals surface area contributed by atoms with Crippen LogP contribution in [0.25, 0.3) is 33.4 Å². The monoisotopic (exact) mass is 1920 g/mol. The Bertz CT molecular complexity index is 3370. The molecule has 0 spiro atoms. The third kappa shape index (κ3) is 79.4. The predicted molar refractivity (Wildman–Crippen MR) is 598 cm³/mol. The summed E-state index contributed by atoms with van der Waals surface area (Å²) in [4.78, 5) is 0. The second-order valence-corrected chi connectivity index (χ2v) is 39.9. The van der Waals surface area contributed by atoms with Crippen molar-refractivity contribution in [3.8, 4) is 67.9 Å². The van der Waals surface area contributed by atoms with Gasteiger partial charge >= 0.3 is 0 Å². The Morgan fingerprint density at radius 3 is 0.457 bits per heavy atom. The van der Waals surface area contributed by atoms with Crippen LogP contribution in [-0.2, 0) is 14.2 Å². The molecule has 3 N–H and O–H groups in total. The van der Waals surface area contributed by atoms with Gasteiger partial charge in [-0.25, -0.2) is 0 Å². The topological polar surface area (TPSA) is 144 Å². The maximum absolute atomic E-state index is 8.37. The number of unbranched alkanes of at least 4 members (excludes halogenated alkanes) is 36. The second-order valence-electron chi connectivity index (χ2n) is 39.9. The normalized spacial score (nSPS) is 12.3. The van der Waals surface area contributed by atoms with Crippen LogP contribution in [0.1, 0.15) is 451 Å². The molecule has 0 saturated heterocycles. The minimum absolute atomic E-state index is 0.342. The number of rotatable bonds is 84. The van der Waals surface area contributed by atoms with E-state index in [1.54, 1.807) is 0 Å². The van der Waals surface area contributed by atoms with Gasteiger partial charge in [0.05, 0.1) is 39.6 Å². The summed E-state index contributed by atoms with van der Waals surface area (Å²) in [5.41, 5.74) is 7.21. The van der Waals surface area contributed by atoms with Gasteiger partial charge in [0, 0.05) is 59.5 Å². The molecular weight excluding hydrogens is 1710 g/mol. The van der Waals surface area contributed by atoms with E-state index < -0.39 is 0 Å². The molecule has 12 heteroatoms. The van der Waals surface area contributed by atoms with Gasteiger partial charge in [0.15, 0.2) is 0 Å². The maximum atomic E-state index is 8.37. The van der Waals surface area contributed by atoms with Crippen LogP contribution in [0, 0.1) is 35.5 Å². The Morgan fingerprint density at radius 2 is 0.304 bits per heavy atom. The first-order chi connectivity index (χ1) is 67.6. The number of benzene rings is 6. The molecule has 138 heavy (non-hydrogen) atoms. The van der Waals surface area contributed by atoms with E-state index in [0.29, 0.717) is 55.3 Å². The van der Waals surface area contributed by atoms with E-state index in [-0.39, 0.29) is 0 Å². The zero-order valence-electron chi connectivity index (χ0n) is 92.1. The molecule has 0 fully saturated rings. The molecule has 12 nitrogen and oxygen atoms in total. The summed E-state index contributed by atoms with van der Waals surface area (Å²) in [5.74, 6) is 9.64. The standard InChI is InChI=1S/C38H62O3.C36H58O3.C34H54O3.3C6H14O/c1-4-6-8-10-12-14-16-18-30-39-32-28-34(3)29-33-41-38-26-22-36(23-27-38)35-20-24-37(25-21-35)40-31-19-17-15-13-11-9-7-5-2;1-4-6-8-10-12-13-14-16-28-37-30-26-32(3)27-31-39-36-24-20-34(21-25-36)33-18-22-35(23-19-33)38-29-17-15-11-9-7-5-2;1-4-6-8-10-12-14-26-35-28-24-30(3)25-29-37-34-22-18-32(19-23-34)31-16-20-33(21-17-31)36-27-15-13-11-9-7-5-2;3*1-3-6(2)4-5-7/h20-27,34H,4-19,28-33H2,1-3H3;18-25,32H,4-17,26-31H2,1-3H3;16-23,30H,4-15,24-29H2,1-3H3;3*6-7H,3-5H2,1-2H3. The van der Waals surface area contributed by atoms with Crippen LogP contribution in [0.2, 0.25) is 0 Å². The first kappa shape index (κ1) is 130. The molecule has 792 valence electrons. The fourth-order valence-corrected chi connectivity index (χ4v) is 15.7. The van der Waals surface area contributed by atoms with E-state index in [9.17, 15) is 0 Å². The minimum Gasteiger partial charge on any atom is -0.494 e. The average molecular weight is 1920 g/mol. The fraction of sp³-hybridized carbons (Fsp3) is 0.714. The number of ether oxygens (including phenoxy) is 9. The molecule has 0 heterocycles. The van der Waals surface area contributed by atoms with Crippen molar-refractivity contribution in [2.75, 3.05) is 99.1 Å². The van der Waals surface area contributed by atoms with Crippen LogP contribution >= 0.6 is 0 Å². The van der Waals surface area contributed by atoms with E-state index in [2.05, 4.69) is 249 Å². The average Bonchev–Trinajstić information content (AvgIpc) is 0.863. The second kappa shape index (κ2) is 98.3.